The van der Waals surface area contributed by atoms with E-state index in [-0.39, 0.29) is 5.91 Å². The molecular formula is C24H17BrClN3O2. The standard InChI is InChI=1S/C24H17BrClN3O2/c1-31-19-9-4-16(5-10-19)23-13-21(20-12-18(26)8-11-22(20)28-23)24(30)29-27-14-15-2-6-17(25)7-3-15/h2-14H,1H3,(H,29,30)/b27-14+. The number of hydrazone groups is 1. The summed E-state index contributed by atoms with van der Waals surface area (Å²) in [6, 6.07) is 22.1. The molecule has 0 atom stereocenters. The van der Waals surface area contributed by atoms with Gasteiger partial charge in [0.1, 0.15) is 5.75 Å². The number of methoxy groups -OCH3 is 1. The monoisotopic (exact) mass is 493 g/mol. The smallest absolute Gasteiger partial charge is 0.272 e. The molecule has 5 nitrogen and oxygen atoms in total. The van der Waals surface area contributed by atoms with Crippen molar-refractivity contribution >= 4 is 50.6 Å². The molecule has 0 saturated carbocycles. The van der Waals surface area contributed by atoms with E-state index in [1.807, 2.05) is 48.5 Å². The predicted octanol–water partition coefficient (Wildman–Crippen LogP) is 6.09. The molecule has 1 N–H and O–H groups in total. The molecule has 154 valence electrons. The Kier molecular flexibility index (Phi) is 6.30. The van der Waals surface area contributed by atoms with Crippen LogP contribution in [0.1, 0.15) is 15.9 Å². The first kappa shape index (κ1) is 21.0. The Morgan fingerprint density at radius 2 is 1.81 bits per heavy atom. The number of pyridine rings is 1. The number of nitrogens with zero attached hydrogens (tertiary/aromatic N) is 2. The number of benzene rings is 3. The molecule has 0 unspecified atom stereocenters. The minimum atomic E-state index is -0.349. The molecule has 4 aromatic rings. The lowest BCUT2D eigenvalue weighted by molar-refractivity contribution is 0.0956. The van der Waals surface area contributed by atoms with Gasteiger partial charge in [0.2, 0.25) is 0 Å². The van der Waals surface area contributed by atoms with Gasteiger partial charge >= 0.3 is 0 Å². The highest BCUT2D eigenvalue weighted by atomic mass is 79.9. The normalized spacial score (nSPS) is 11.1. The number of ether oxygens (including phenoxy) is 1. The fourth-order valence-electron chi connectivity index (χ4n) is 3.07. The molecule has 0 aliphatic heterocycles. The molecule has 7 heteroatoms. The minimum Gasteiger partial charge on any atom is -0.497 e. The number of halogens is 2. The lowest BCUT2D eigenvalue weighted by atomic mass is 10.0. The van der Waals surface area contributed by atoms with E-state index in [9.17, 15) is 4.79 Å². The van der Waals surface area contributed by atoms with Crippen molar-refractivity contribution in [2.24, 2.45) is 5.10 Å². The summed E-state index contributed by atoms with van der Waals surface area (Å²) >= 11 is 9.57. The first-order valence-electron chi connectivity index (χ1n) is 9.37. The van der Waals surface area contributed by atoms with Crippen molar-refractivity contribution in [3.63, 3.8) is 0 Å². The van der Waals surface area contributed by atoms with Crippen LogP contribution >= 0.6 is 27.5 Å². The third-order valence-corrected chi connectivity index (χ3v) is 5.41. The van der Waals surface area contributed by atoms with E-state index < -0.39 is 0 Å². The number of rotatable bonds is 5. The largest absolute Gasteiger partial charge is 0.497 e. The van der Waals surface area contributed by atoms with Gasteiger partial charge in [-0.1, -0.05) is 39.7 Å². The highest BCUT2D eigenvalue weighted by Crippen LogP contribution is 2.28. The zero-order chi connectivity index (χ0) is 21.8. The summed E-state index contributed by atoms with van der Waals surface area (Å²) < 4.78 is 6.19. The second-order valence-corrected chi connectivity index (χ2v) is 8.05. The molecule has 1 heterocycles. The van der Waals surface area contributed by atoms with E-state index >= 15 is 0 Å². The van der Waals surface area contributed by atoms with Crippen LogP contribution in [0.4, 0.5) is 0 Å². The Bertz CT molecular complexity index is 1270. The Balaban J connectivity index is 1.69. The van der Waals surface area contributed by atoms with Crippen LogP contribution in [-0.4, -0.2) is 24.2 Å². The van der Waals surface area contributed by atoms with Crippen LogP contribution in [0, 0.1) is 0 Å². The summed E-state index contributed by atoms with van der Waals surface area (Å²) in [6.07, 6.45) is 1.59. The van der Waals surface area contributed by atoms with Gasteiger partial charge in [-0.25, -0.2) is 10.4 Å². The maximum absolute atomic E-state index is 13.0. The molecule has 0 radical (unpaired) electrons. The molecule has 4 rings (SSSR count). The van der Waals surface area contributed by atoms with E-state index in [1.165, 1.54) is 0 Å². The van der Waals surface area contributed by atoms with Gasteiger partial charge in [0, 0.05) is 20.4 Å². The van der Waals surface area contributed by atoms with Crippen LogP contribution in [0.15, 0.2) is 82.4 Å². The molecule has 0 aliphatic rings. The second kappa shape index (κ2) is 9.29. The van der Waals surface area contributed by atoms with Gasteiger partial charge < -0.3 is 4.74 Å². The summed E-state index contributed by atoms with van der Waals surface area (Å²) in [7, 11) is 1.62. The summed E-state index contributed by atoms with van der Waals surface area (Å²) in [4.78, 5) is 17.7. The molecule has 1 aromatic heterocycles. The van der Waals surface area contributed by atoms with Crippen LogP contribution < -0.4 is 10.2 Å². The quantitative estimate of drug-likeness (QED) is 0.270. The number of hydrogen-bond donors (Lipinski definition) is 1. The summed E-state index contributed by atoms with van der Waals surface area (Å²) in [5.74, 6) is 0.398. The van der Waals surface area contributed by atoms with Crippen molar-refractivity contribution < 1.29 is 9.53 Å². The Hall–Kier alpha value is -3.22. The van der Waals surface area contributed by atoms with Gasteiger partial charge in [0.25, 0.3) is 5.91 Å². The summed E-state index contributed by atoms with van der Waals surface area (Å²) in [5.41, 5.74) is 6.10. The first-order chi connectivity index (χ1) is 15.0. The number of carbonyl (C=O) groups excluding carboxylic acids is 1. The highest BCUT2D eigenvalue weighted by molar-refractivity contribution is 9.10. The second-order valence-electron chi connectivity index (χ2n) is 6.70. The molecule has 0 saturated heterocycles. The average molecular weight is 495 g/mol. The molecule has 0 aliphatic carbocycles. The summed E-state index contributed by atoms with van der Waals surface area (Å²) in [5, 5.41) is 5.27. The lowest BCUT2D eigenvalue weighted by Gasteiger charge is -2.10. The fourth-order valence-corrected chi connectivity index (χ4v) is 3.51. The molecule has 3 aromatic carbocycles. The zero-order valence-corrected chi connectivity index (χ0v) is 18.8. The molecule has 31 heavy (non-hydrogen) atoms. The predicted molar refractivity (Wildman–Crippen MR) is 128 cm³/mol. The van der Waals surface area contributed by atoms with Crippen molar-refractivity contribution in [2.75, 3.05) is 7.11 Å². The molecule has 0 spiro atoms. The van der Waals surface area contributed by atoms with Gasteiger partial charge in [-0.05, 0) is 66.2 Å². The van der Waals surface area contributed by atoms with E-state index in [4.69, 9.17) is 21.3 Å². The molecule has 0 bridgehead atoms. The Morgan fingerprint density at radius 1 is 1.06 bits per heavy atom. The summed E-state index contributed by atoms with van der Waals surface area (Å²) in [6.45, 7) is 0. The number of amides is 1. The topological polar surface area (TPSA) is 63.6 Å². The van der Waals surface area contributed by atoms with Crippen molar-refractivity contribution in [1.82, 2.24) is 10.4 Å². The number of hydrogen-bond acceptors (Lipinski definition) is 4. The molecule has 0 fully saturated rings. The SMILES string of the molecule is COc1ccc(-c2cc(C(=O)N/N=C/c3ccc(Br)cc3)c3cc(Cl)ccc3n2)cc1. The van der Waals surface area contributed by atoms with Crippen LogP contribution in [0.5, 0.6) is 5.75 Å². The van der Waals surface area contributed by atoms with Crippen LogP contribution in [0.2, 0.25) is 5.02 Å². The average Bonchev–Trinajstić information content (AvgIpc) is 2.79. The molecule has 1 amide bonds. The third kappa shape index (κ3) is 4.93. The van der Waals surface area contributed by atoms with Gasteiger partial charge in [0.05, 0.1) is 30.1 Å². The number of nitrogens with one attached hydrogen (secondary N) is 1. The number of aromatic nitrogens is 1. The van der Waals surface area contributed by atoms with Crippen LogP contribution in [0.25, 0.3) is 22.2 Å². The van der Waals surface area contributed by atoms with Gasteiger partial charge in [-0.3, -0.25) is 4.79 Å². The third-order valence-electron chi connectivity index (χ3n) is 4.65. The zero-order valence-electron chi connectivity index (χ0n) is 16.5. The van der Waals surface area contributed by atoms with Crippen LogP contribution in [0.3, 0.4) is 0 Å². The van der Waals surface area contributed by atoms with Gasteiger partial charge in [-0.15, -0.1) is 0 Å². The fraction of sp³-hybridized carbons (Fsp3) is 0.0417. The van der Waals surface area contributed by atoms with Crippen molar-refractivity contribution in [3.8, 4) is 17.0 Å². The number of carbonyl (C=O) groups is 1. The van der Waals surface area contributed by atoms with E-state index in [0.717, 1.165) is 21.3 Å². The van der Waals surface area contributed by atoms with E-state index in [2.05, 4.69) is 26.5 Å². The Labute approximate surface area is 192 Å². The van der Waals surface area contributed by atoms with Crippen molar-refractivity contribution in [3.05, 3.63) is 93.4 Å². The lowest BCUT2D eigenvalue weighted by Crippen LogP contribution is -2.18. The van der Waals surface area contributed by atoms with Crippen molar-refractivity contribution in [2.45, 2.75) is 0 Å². The highest BCUT2D eigenvalue weighted by Gasteiger charge is 2.14. The van der Waals surface area contributed by atoms with Gasteiger partial charge in [-0.2, -0.15) is 5.10 Å². The van der Waals surface area contributed by atoms with Gasteiger partial charge in [0.15, 0.2) is 0 Å². The van der Waals surface area contributed by atoms with Crippen molar-refractivity contribution in [1.29, 1.82) is 0 Å². The first-order valence-corrected chi connectivity index (χ1v) is 10.5. The minimum absolute atomic E-state index is 0.349. The van der Waals surface area contributed by atoms with E-state index in [0.29, 0.717) is 27.2 Å². The maximum Gasteiger partial charge on any atom is 0.272 e. The molecular weight excluding hydrogens is 478 g/mol. The maximum atomic E-state index is 13.0. The van der Waals surface area contributed by atoms with Crippen LogP contribution in [-0.2, 0) is 0 Å². The Morgan fingerprint density at radius 3 is 2.52 bits per heavy atom. The number of fused-ring (bicyclic) bond motifs is 1. The van der Waals surface area contributed by atoms with E-state index in [1.54, 1.807) is 37.6 Å².